The molecule has 1 saturated heterocycles. The second kappa shape index (κ2) is 16.3. The lowest BCUT2D eigenvalue weighted by molar-refractivity contribution is 0.527. The zero-order chi connectivity index (χ0) is 14.8. The molecule has 1 N–H and O–H groups in total. The lowest BCUT2D eigenvalue weighted by Gasteiger charge is -2.05. The van der Waals surface area contributed by atoms with Gasteiger partial charge in [-0.15, -0.1) is 0 Å². The normalized spacial score (nSPS) is 24.0. The summed E-state index contributed by atoms with van der Waals surface area (Å²) in [6, 6.07) is 0. The maximum absolute atomic E-state index is 3.62. The van der Waals surface area contributed by atoms with Gasteiger partial charge in [-0.2, -0.15) is 0 Å². The van der Waals surface area contributed by atoms with Crippen molar-refractivity contribution in [1.29, 1.82) is 0 Å². The molecule has 0 unspecified atom stereocenters. The third-order valence-electron chi connectivity index (χ3n) is 4.96. The summed E-state index contributed by atoms with van der Waals surface area (Å²) in [5.41, 5.74) is 0. The van der Waals surface area contributed by atoms with E-state index in [-0.39, 0.29) is 0 Å². The fraction of sp³-hybridized carbons (Fsp3) is 1.00. The molecule has 1 fully saturated rings. The first-order valence-corrected chi connectivity index (χ1v) is 10.2. The summed E-state index contributed by atoms with van der Waals surface area (Å²) in [7, 11) is 0. The molecule has 1 aliphatic heterocycles. The molecule has 126 valence electrons. The summed E-state index contributed by atoms with van der Waals surface area (Å²) in [6.07, 6.45) is 26.4. The molecule has 0 aromatic carbocycles. The largest absolute Gasteiger partial charge is 0.317 e. The first kappa shape index (κ1) is 19.0. The van der Waals surface area contributed by atoms with Gasteiger partial charge in [0.2, 0.25) is 0 Å². The van der Waals surface area contributed by atoms with Crippen molar-refractivity contribution in [2.45, 2.75) is 116 Å². The van der Waals surface area contributed by atoms with Crippen molar-refractivity contribution < 1.29 is 0 Å². The monoisotopic (exact) mass is 295 g/mol. The standard InChI is InChI=1S/C20H41N/c1-2-4-6-8-10-12-14-16-18-20-21-19-17-15-13-11-9-7-5-3-1/h21H,1-20H2. The minimum Gasteiger partial charge on any atom is -0.317 e. The zero-order valence-electron chi connectivity index (χ0n) is 14.6. The Balaban J connectivity index is 2.00. The molecular formula is C20H41N. The third-order valence-corrected chi connectivity index (χ3v) is 4.96. The molecule has 0 aromatic heterocycles. The minimum absolute atomic E-state index is 1.25. The maximum Gasteiger partial charge on any atom is -0.00489 e. The Morgan fingerprint density at radius 1 is 0.238 bits per heavy atom. The van der Waals surface area contributed by atoms with E-state index in [1.807, 2.05) is 0 Å². The molecule has 0 atom stereocenters. The number of nitrogens with one attached hydrogen (secondary N) is 1. The van der Waals surface area contributed by atoms with Crippen LogP contribution in [-0.4, -0.2) is 13.1 Å². The molecule has 1 heteroatoms. The first-order valence-electron chi connectivity index (χ1n) is 10.2. The van der Waals surface area contributed by atoms with E-state index in [0.29, 0.717) is 0 Å². The van der Waals surface area contributed by atoms with Crippen molar-refractivity contribution in [3.05, 3.63) is 0 Å². The Morgan fingerprint density at radius 2 is 0.429 bits per heavy atom. The smallest absolute Gasteiger partial charge is 0.00489 e. The van der Waals surface area contributed by atoms with E-state index < -0.39 is 0 Å². The minimum atomic E-state index is 1.25. The van der Waals surface area contributed by atoms with E-state index in [4.69, 9.17) is 0 Å². The summed E-state index contributed by atoms with van der Waals surface area (Å²) in [6.45, 7) is 2.50. The highest BCUT2D eigenvalue weighted by Crippen LogP contribution is 2.14. The van der Waals surface area contributed by atoms with E-state index in [9.17, 15) is 0 Å². The van der Waals surface area contributed by atoms with Crippen molar-refractivity contribution in [3.8, 4) is 0 Å². The molecular weight excluding hydrogens is 254 g/mol. The molecule has 0 aromatic rings. The van der Waals surface area contributed by atoms with Gasteiger partial charge in [0, 0.05) is 0 Å². The van der Waals surface area contributed by atoms with Gasteiger partial charge in [0.15, 0.2) is 0 Å². The lowest BCUT2D eigenvalue weighted by atomic mass is 10.0. The number of hydrogen-bond acceptors (Lipinski definition) is 1. The Morgan fingerprint density at radius 3 is 0.667 bits per heavy atom. The Bertz CT molecular complexity index is 98.0. The lowest BCUT2D eigenvalue weighted by Crippen LogP contribution is -2.16. The van der Waals surface area contributed by atoms with Crippen LogP contribution in [0.1, 0.15) is 116 Å². The summed E-state index contributed by atoms with van der Waals surface area (Å²) < 4.78 is 0. The zero-order valence-corrected chi connectivity index (χ0v) is 14.6. The first-order chi connectivity index (χ1) is 10.5. The van der Waals surface area contributed by atoms with Crippen LogP contribution in [-0.2, 0) is 0 Å². The third kappa shape index (κ3) is 14.7. The molecule has 1 nitrogen and oxygen atoms in total. The summed E-state index contributed by atoms with van der Waals surface area (Å²) in [5.74, 6) is 0. The molecule has 0 radical (unpaired) electrons. The van der Waals surface area contributed by atoms with E-state index in [0.717, 1.165) is 0 Å². The van der Waals surface area contributed by atoms with Crippen LogP contribution in [0, 0.1) is 0 Å². The molecule has 0 spiro atoms. The van der Waals surface area contributed by atoms with Crippen LogP contribution in [0.5, 0.6) is 0 Å². The number of hydrogen-bond donors (Lipinski definition) is 1. The fourth-order valence-corrected chi connectivity index (χ4v) is 3.45. The molecule has 0 amide bonds. The fourth-order valence-electron chi connectivity index (χ4n) is 3.45. The number of rotatable bonds is 0. The second-order valence-electron chi connectivity index (χ2n) is 7.11. The van der Waals surface area contributed by atoms with Gasteiger partial charge >= 0.3 is 0 Å². The van der Waals surface area contributed by atoms with Crippen molar-refractivity contribution in [1.82, 2.24) is 5.32 Å². The van der Waals surface area contributed by atoms with Gasteiger partial charge in [0.05, 0.1) is 0 Å². The molecule has 0 bridgehead atoms. The van der Waals surface area contributed by atoms with Gasteiger partial charge in [-0.1, -0.05) is 103 Å². The van der Waals surface area contributed by atoms with Crippen LogP contribution in [0.25, 0.3) is 0 Å². The Labute approximate surface area is 134 Å². The summed E-state index contributed by atoms with van der Waals surface area (Å²) in [4.78, 5) is 0. The molecule has 1 heterocycles. The van der Waals surface area contributed by atoms with Crippen molar-refractivity contribution >= 4 is 0 Å². The molecule has 0 saturated carbocycles. The quantitative estimate of drug-likeness (QED) is 0.530. The average Bonchev–Trinajstić information content (AvgIpc) is 2.50. The average molecular weight is 296 g/mol. The predicted octanol–water partition coefficient (Wildman–Crippen LogP) is 6.61. The summed E-state index contributed by atoms with van der Waals surface area (Å²) in [5, 5.41) is 3.62. The van der Waals surface area contributed by atoms with Gasteiger partial charge in [0.1, 0.15) is 0 Å². The second-order valence-corrected chi connectivity index (χ2v) is 7.11. The van der Waals surface area contributed by atoms with Gasteiger partial charge < -0.3 is 5.32 Å². The van der Waals surface area contributed by atoms with Gasteiger partial charge in [-0.25, -0.2) is 0 Å². The van der Waals surface area contributed by atoms with Crippen LogP contribution in [0.15, 0.2) is 0 Å². The molecule has 1 aliphatic rings. The van der Waals surface area contributed by atoms with Crippen molar-refractivity contribution in [2.75, 3.05) is 13.1 Å². The van der Waals surface area contributed by atoms with Gasteiger partial charge in [-0.3, -0.25) is 0 Å². The molecule has 21 heavy (non-hydrogen) atoms. The molecule has 1 rings (SSSR count). The van der Waals surface area contributed by atoms with Crippen molar-refractivity contribution in [3.63, 3.8) is 0 Å². The topological polar surface area (TPSA) is 12.0 Å². The summed E-state index contributed by atoms with van der Waals surface area (Å²) >= 11 is 0. The van der Waals surface area contributed by atoms with Crippen LogP contribution in [0.4, 0.5) is 0 Å². The van der Waals surface area contributed by atoms with Crippen molar-refractivity contribution in [2.24, 2.45) is 0 Å². The van der Waals surface area contributed by atoms with Gasteiger partial charge in [-0.05, 0) is 25.9 Å². The van der Waals surface area contributed by atoms with Crippen LogP contribution in [0.3, 0.4) is 0 Å². The Hall–Kier alpha value is -0.0400. The Kier molecular flexibility index (Phi) is 14.8. The van der Waals surface area contributed by atoms with E-state index in [1.165, 1.54) is 129 Å². The highest BCUT2D eigenvalue weighted by Gasteiger charge is 1.96. The van der Waals surface area contributed by atoms with E-state index in [1.54, 1.807) is 0 Å². The highest BCUT2D eigenvalue weighted by molar-refractivity contribution is 4.53. The van der Waals surface area contributed by atoms with Crippen LogP contribution < -0.4 is 5.32 Å². The maximum atomic E-state index is 3.62. The van der Waals surface area contributed by atoms with Crippen LogP contribution >= 0.6 is 0 Å². The van der Waals surface area contributed by atoms with Crippen LogP contribution in [0.2, 0.25) is 0 Å². The SMILES string of the molecule is C1CCCCCCCCCCNCCCCCCCCC1. The predicted molar refractivity (Wildman–Crippen MR) is 96.0 cm³/mol. The van der Waals surface area contributed by atoms with E-state index >= 15 is 0 Å². The van der Waals surface area contributed by atoms with Gasteiger partial charge in [0.25, 0.3) is 0 Å². The highest BCUT2D eigenvalue weighted by atomic mass is 14.8. The van der Waals surface area contributed by atoms with E-state index in [2.05, 4.69) is 5.32 Å². The molecule has 0 aliphatic carbocycles.